The first-order valence-electron chi connectivity index (χ1n) is 7.21. The summed E-state index contributed by atoms with van der Waals surface area (Å²) < 4.78 is 1.07. The van der Waals surface area contributed by atoms with Crippen molar-refractivity contribution in [1.29, 1.82) is 0 Å². The highest BCUT2D eigenvalue weighted by molar-refractivity contribution is 9.10. The fourth-order valence-electron chi connectivity index (χ4n) is 2.91. The van der Waals surface area contributed by atoms with Crippen molar-refractivity contribution in [1.82, 2.24) is 4.98 Å². The second kappa shape index (κ2) is 6.42. The second-order valence-electron chi connectivity index (χ2n) is 5.38. The zero-order valence-electron chi connectivity index (χ0n) is 12.6. The normalized spacial score (nSPS) is 13.9. The number of hydrogen-bond acceptors (Lipinski definition) is 3. The van der Waals surface area contributed by atoms with E-state index in [1.54, 1.807) is 18.0 Å². The molecule has 0 radical (unpaired) electrons. The maximum absolute atomic E-state index is 12.9. The highest BCUT2D eigenvalue weighted by atomic mass is 79.9. The van der Waals surface area contributed by atoms with E-state index in [9.17, 15) is 4.79 Å². The SMILES string of the molecule is CSc1ccc(C(=O)N2CCCc3cc(Br)cc(C)c32)cn1. The number of aromatic nitrogens is 1. The molecule has 1 aliphatic rings. The maximum atomic E-state index is 12.9. The quantitative estimate of drug-likeness (QED) is 0.725. The van der Waals surface area contributed by atoms with E-state index in [0.29, 0.717) is 5.56 Å². The minimum atomic E-state index is 0.0338. The summed E-state index contributed by atoms with van der Waals surface area (Å²) in [5.74, 6) is 0.0338. The van der Waals surface area contributed by atoms with Crippen LogP contribution in [-0.4, -0.2) is 23.7 Å². The third-order valence-corrected chi connectivity index (χ3v) is 5.00. The third-order valence-electron chi connectivity index (χ3n) is 3.88. The van der Waals surface area contributed by atoms with Crippen molar-refractivity contribution >= 4 is 39.3 Å². The van der Waals surface area contributed by atoms with Crippen LogP contribution >= 0.6 is 27.7 Å². The van der Waals surface area contributed by atoms with Gasteiger partial charge in [0, 0.05) is 17.2 Å². The lowest BCUT2D eigenvalue weighted by atomic mass is 9.97. The molecule has 0 aliphatic carbocycles. The van der Waals surface area contributed by atoms with E-state index in [1.807, 2.05) is 23.3 Å². The number of pyridine rings is 1. The van der Waals surface area contributed by atoms with Gasteiger partial charge in [0.25, 0.3) is 5.91 Å². The molecule has 1 amide bonds. The van der Waals surface area contributed by atoms with E-state index in [2.05, 4.69) is 40.0 Å². The minimum Gasteiger partial charge on any atom is -0.308 e. The van der Waals surface area contributed by atoms with Gasteiger partial charge in [-0.1, -0.05) is 15.9 Å². The molecule has 1 aromatic heterocycles. The Kier molecular flexibility index (Phi) is 4.54. The lowest BCUT2D eigenvalue weighted by Crippen LogP contribution is -2.36. The molecule has 5 heteroatoms. The van der Waals surface area contributed by atoms with Gasteiger partial charge in [0.05, 0.1) is 16.3 Å². The van der Waals surface area contributed by atoms with Crippen LogP contribution in [0.1, 0.15) is 27.9 Å². The van der Waals surface area contributed by atoms with Crippen LogP contribution in [0, 0.1) is 6.92 Å². The van der Waals surface area contributed by atoms with Crippen LogP contribution in [-0.2, 0) is 6.42 Å². The fraction of sp³-hybridized carbons (Fsp3) is 0.294. The summed E-state index contributed by atoms with van der Waals surface area (Å²) in [6.07, 6.45) is 5.66. The number of thioether (sulfide) groups is 1. The highest BCUT2D eigenvalue weighted by Crippen LogP contribution is 2.34. The first-order chi connectivity index (χ1) is 10.6. The summed E-state index contributed by atoms with van der Waals surface area (Å²) in [4.78, 5) is 19.1. The predicted octanol–water partition coefficient (Wildman–Crippen LogP) is 4.47. The van der Waals surface area contributed by atoms with Gasteiger partial charge in [-0.15, -0.1) is 11.8 Å². The Hall–Kier alpha value is -1.33. The minimum absolute atomic E-state index is 0.0338. The largest absolute Gasteiger partial charge is 0.308 e. The molecule has 0 atom stereocenters. The van der Waals surface area contributed by atoms with Crippen molar-refractivity contribution in [2.45, 2.75) is 24.8 Å². The lowest BCUT2D eigenvalue weighted by molar-refractivity contribution is 0.0984. The highest BCUT2D eigenvalue weighted by Gasteiger charge is 2.25. The predicted molar refractivity (Wildman–Crippen MR) is 94.9 cm³/mol. The van der Waals surface area contributed by atoms with Gasteiger partial charge in [0.2, 0.25) is 0 Å². The van der Waals surface area contributed by atoms with E-state index in [-0.39, 0.29) is 5.91 Å². The Bertz CT molecular complexity index is 715. The molecule has 2 aromatic rings. The fourth-order valence-corrected chi connectivity index (χ4v) is 3.89. The number of carbonyl (C=O) groups is 1. The topological polar surface area (TPSA) is 33.2 Å². The van der Waals surface area contributed by atoms with Crippen molar-refractivity contribution < 1.29 is 4.79 Å². The summed E-state index contributed by atoms with van der Waals surface area (Å²) in [5.41, 5.74) is 4.08. The van der Waals surface area contributed by atoms with E-state index < -0.39 is 0 Å². The van der Waals surface area contributed by atoms with Gasteiger partial charge in [0.15, 0.2) is 0 Å². The Balaban J connectivity index is 1.98. The number of halogens is 1. The molecule has 0 spiro atoms. The summed E-state index contributed by atoms with van der Waals surface area (Å²) in [7, 11) is 0. The average molecular weight is 377 g/mol. The van der Waals surface area contributed by atoms with Crippen LogP contribution in [0.15, 0.2) is 40.0 Å². The molecule has 3 rings (SSSR count). The van der Waals surface area contributed by atoms with Gasteiger partial charge in [-0.25, -0.2) is 4.98 Å². The number of rotatable bonds is 2. The zero-order chi connectivity index (χ0) is 15.7. The van der Waals surface area contributed by atoms with E-state index in [4.69, 9.17) is 0 Å². The molecule has 22 heavy (non-hydrogen) atoms. The standard InChI is InChI=1S/C17H17BrN2OS/c1-11-8-14(18)9-12-4-3-7-20(16(11)12)17(21)13-5-6-15(22-2)19-10-13/h5-6,8-10H,3-4,7H2,1-2H3. The zero-order valence-corrected chi connectivity index (χ0v) is 15.0. The van der Waals surface area contributed by atoms with E-state index >= 15 is 0 Å². The molecule has 0 saturated carbocycles. The molecule has 1 aromatic carbocycles. The molecule has 0 fully saturated rings. The Labute approximate surface area is 143 Å². The maximum Gasteiger partial charge on any atom is 0.259 e. The van der Waals surface area contributed by atoms with E-state index in [0.717, 1.165) is 40.1 Å². The Morgan fingerprint density at radius 1 is 1.36 bits per heavy atom. The summed E-state index contributed by atoms with van der Waals surface area (Å²) in [6.45, 7) is 2.82. The summed E-state index contributed by atoms with van der Waals surface area (Å²) >= 11 is 5.12. The Morgan fingerprint density at radius 2 is 2.18 bits per heavy atom. The molecule has 0 N–H and O–H groups in total. The smallest absolute Gasteiger partial charge is 0.259 e. The molecule has 0 bridgehead atoms. The number of benzene rings is 1. The molecule has 2 heterocycles. The lowest BCUT2D eigenvalue weighted by Gasteiger charge is -2.31. The molecular weight excluding hydrogens is 360 g/mol. The molecule has 0 saturated heterocycles. The van der Waals surface area contributed by atoms with Gasteiger partial charge in [0.1, 0.15) is 0 Å². The monoisotopic (exact) mass is 376 g/mol. The first kappa shape index (κ1) is 15.6. The van der Waals surface area contributed by atoms with E-state index in [1.165, 1.54) is 5.56 Å². The number of nitrogens with zero attached hydrogens (tertiary/aromatic N) is 2. The molecule has 114 valence electrons. The van der Waals surface area contributed by atoms with Gasteiger partial charge in [-0.2, -0.15) is 0 Å². The number of anilines is 1. The van der Waals surface area contributed by atoms with Crippen molar-refractivity contribution in [3.63, 3.8) is 0 Å². The van der Waals surface area contributed by atoms with Gasteiger partial charge in [-0.05, 0) is 61.4 Å². The molecule has 0 unspecified atom stereocenters. The molecular formula is C17H17BrN2OS. The van der Waals surface area contributed by atoms with Crippen LogP contribution in [0.4, 0.5) is 5.69 Å². The Morgan fingerprint density at radius 3 is 2.86 bits per heavy atom. The van der Waals surface area contributed by atoms with Crippen LogP contribution in [0.3, 0.4) is 0 Å². The average Bonchev–Trinajstić information content (AvgIpc) is 2.53. The van der Waals surface area contributed by atoms with Crippen LogP contribution in [0.5, 0.6) is 0 Å². The number of fused-ring (bicyclic) bond motifs is 1. The van der Waals surface area contributed by atoms with Crippen LogP contribution in [0.2, 0.25) is 0 Å². The number of carbonyl (C=O) groups excluding carboxylic acids is 1. The van der Waals surface area contributed by atoms with Crippen LogP contribution < -0.4 is 4.90 Å². The number of hydrogen-bond donors (Lipinski definition) is 0. The van der Waals surface area contributed by atoms with Crippen LogP contribution in [0.25, 0.3) is 0 Å². The molecule has 3 nitrogen and oxygen atoms in total. The number of aryl methyl sites for hydroxylation is 2. The van der Waals surface area contributed by atoms with Gasteiger partial charge in [-0.3, -0.25) is 4.79 Å². The van der Waals surface area contributed by atoms with Crippen molar-refractivity contribution in [3.8, 4) is 0 Å². The van der Waals surface area contributed by atoms with Crippen molar-refractivity contribution in [2.24, 2.45) is 0 Å². The summed E-state index contributed by atoms with van der Waals surface area (Å²) in [6, 6.07) is 7.96. The third kappa shape index (κ3) is 2.92. The van der Waals surface area contributed by atoms with Gasteiger partial charge < -0.3 is 4.90 Å². The second-order valence-corrected chi connectivity index (χ2v) is 7.12. The molecule has 1 aliphatic heterocycles. The number of amides is 1. The van der Waals surface area contributed by atoms with Crippen molar-refractivity contribution in [3.05, 3.63) is 51.6 Å². The van der Waals surface area contributed by atoms with Crippen molar-refractivity contribution in [2.75, 3.05) is 17.7 Å². The first-order valence-corrected chi connectivity index (χ1v) is 9.23. The summed E-state index contributed by atoms with van der Waals surface area (Å²) in [5, 5.41) is 0.927. The van der Waals surface area contributed by atoms with Gasteiger partial charge >= 0.3 is 0 Å².